The molecule has 2 atom stereocenters. The average Bonchev–Trinajstić information content (AvgIpc) is 3.18. The van der Waals surface area contributed by atoms with Gasteiger partial charge >= 0.3 is 0 Å². The van der Waals surface area contributed by atoms with Gasteiger partial charge in [0.25, 0.3) is 0 Å². The van der Waals surface area contributed by atoms with Crippen LogP contribution in [0.4, 0.5) is 0 Å². The van der Waals surface area contributed by atoms with Crippen LogP contribution in [0, 0.1) is 0 Å². The minimum atomic E-state index is -1.57. The van der Waals surface area contributed by atoms with Gasteiger partial charge in [0.2, 0.25) is 5.91 Å². The van der Waals surface area contributed by atoms with E-state index in [1.165, 1.54) is 23.5 Å². The van der Waals surface area contributed by atoms with Gasteiger partial charge < -0.3 is 5.32 Å². The highest BCUT2D eigenvalue weighted by molar-refractivity contribution is 8.22. The predicted octanol–water partition coefficient (Wildman–Crippen LogP) is 4.25. The van der Waals surface area contributed by atoms with E-state index >= 15 is 0 Å². The quantitative estimate of drug-likeness (QED) is 0.709. The van der Waals surface area contributed by atoms with Gasteiger partial charge in [0.1, 0.15) is 0 Å². The van der Waals surface area contributed by atoms with E-state index in [4.69, 9.17) is 0 Å². The van der Waals surface area contributed by atoms with Crippen molar-refractivity contribution >= 4 is 51.2 Å². The summed E-state index contributed by atoms with van der Waals surface area (Å²) in [6.45, 7) is 7.95. The van der Waals surface area contributed by atoms with Crippen molar-refractivity contribution in [3.05, 3.63) is 48.0 Å². The number of hydrogen-bond donors (Lipinski definition) is 2. The maximum atomic E-state index is 13.3. The minimum Gasteiger partial charge on any atom is -0.354 e. The molecule has 1 saturated heterocycles. The number of fused-ring (bicyclic) bond motifs is 1. The van der Waals surface area contributed by atoms with E-state index in [0.29, 0.717) is 12.1 Å². The number of carbonyl (C=O) groups excluding carboxylic acids is 1. The third kappa shape index (κ3) is 4.42. The Bertz CT molecular complexity index is 926. The molecule has 28 heavy (non-hydrogen) atoms. The summed E-state index contributed by atoms with van der Waals surface area (Å²) < 4.78 is 24.1. The lowest BCUT2D eigenvalue weighted by atomic mass is 9.99. The van der Waals surface area contributed by atoms with Crippen molar-refractivity contribution in [3.8, 4) is 0 Å². The van der Waals surface area contributed by atoms with E-state index in [2.05, 4.69) is 10.0 Å². The molecule has 1 unspecified atom stereocenters. The zero-order chi connectivity index (χ0) is 21.3. The predicted molar refractivity (Wildman–Crippen MR) is 124 cm³/mol. The van der Waals surface area contributed by atoms with Gasteiger partial charge in [-0.15, -0.1) is 23.5 Å². The molecule has 1 aliphatic heterocycles. The van der Waals surface area contributed by atoms with Gasteiger partial charge in [-0.25, -0.2) is 8.93 Å². The first-order valence-electron chi connectivity index (χ1n) is 9.89. The molecular weight excluding hydrogens is 408 g/mol. The van der Waals surface area contributed by atoms with Crippen LogP contribution in [0.2, 0.25) is 0 Å². The summed E-state index contributed by atoms with van der Waals surface area (Å²) in [7, 11) is -1.53. The fraction of sp³-hybridized carbons (Fsp3) is 0.476. The monoisotopic (exact) mass is 437 g/mol. The second-order valence-electron chi connectivity index (χ2n) is 7.59. The Kier molecular flexibility index (Phi) is 6.35. The fourth-order valence-corrected chi connectivity index (χ4v) is 6.98. The Labute approximate surface area is 180 Å². The molecule has 2 N–H and O–H groups in total. The van der Waals surface area contributed by atoms with Crippen molar-refractivity contribution in [3.63, 3.8) is 0 Å². The molecule has 7 heteroatoms. The van der Waals surface area contributed by atoms with Crippen molar-refractivity contribution in [1.29, 1.82) is 0 Å². The summed E-state index contributed by atoms with van der Waals surface area (Å²) in [5.74, 6) is 1.33. The van der Waals surface area contributed by atoms with Crippen LogP contribution in [-0.2, 0) is 15.8 Å². The van der Waals surface area contributed by atoms with Gasteiger partial charge in [0.05, 0.1) is 23.1 Å². The molecule has 0 aromatic heterocycles. The molecule has 2 aromatic carbocycles. The average molecular weight is 438 g/mol. The van der Waals surface area contributed by atoms with Crippen LogP contribution in [0.3, 0.4) is 0 Å². The van der Waals surface area contributed by atoms with Crippen LogP contribution in [0.25, 0.3) is 10.8 Å². The lowest BCUT2D eigenvalue weighted by molar-refractivity contribution is -0.121. The normalized spacial score (nSPS) is 20.4. The van der Waals surface area contributed by atoms with E-state index in [-0.39, 0.29) is 5.91 Å². The first kappa shape index (κ1) is 20.3. The second-order valence-corrected chi connectivity index (χ2v) is 12.4. The van der Waals surface area contributed by atoms with E-state index in [1.807, 2.05) is 70.2 Å². The molecule has 0 aliphatic carbocycles. The lowest BCUT2D eigenvalue weighted by Crippen LogP contribution is -2.51. The van der Waals surface area contributed by atoms with Gasteiger partial charge in [0.15, 0.2) is 4.08 Å². The van der Waals surface area contributed by atoms with Crippen molar-refractivity contribution in [2.45, 2.75) is 42.5 Å². The van der Waals surface area contributed by atoms with Gasteiger partial charge in [-0.05, 0) is 50.1 Å². The Morgan fingerprint density at radius 3 is 2.46 bits per heavy atom. The Morgan fingerprint density at radius 1 is 1.21 bits per heavy atom. The van der Waals surface area contributed by atoms with Gasteiger partial charge in [0, 0.05) is 18.1 Å². The number of rotatable bonds is 6. The maximum absolute atomic E-state index is 13.3. The highest BCUT2D eigenvalue weighted by Crippen LogP contribution is 2.52. The van der Waals surface area contributed by atoms with Crippen LogP contribution < -0.4 is 10.0 Å². The van der Waals surface area contributed by atoms with Crippen LogP contribution in [0.5, 0.6) is 0 Å². The van der Waals surface area contributed by atoms with E-state index in [1.54, 1.807) is 0 Å². The Balaban J connectivity index is 2.19. The zero-order valence-electron chi connectivity index (χ0n) is 17.7. The molecular formula is C21H28N2O2S3. The molecule has 1 amide bonds. The molecule has 1 fully saturated rings. The first-order valence-corrected chi connectivity index (χ1v) is 12.5. The summed E-state index contributed by atoms with van der Waals surface area (Å²) in [6, 6.07) is 12.2. The first-order chi connectivity index (χ1) is 13.6. The minimum absolute atomic E-state index is 0.200. The molecule has 1 aliphatic rings. The lowest BCUT2D eigenvalue weighted by Gasteiger charge is -2.36. The molecule has 4 nitrogen and oxygen atoms in total. The Hall–Kier alpha value is -1.02. The highest BCUT2D eigenvalue weighted by atomic mass is 32.2. The summed E-state index contributed by atoms with van der Waals surface area (Å²) in [6.07, 6.45) is 0. The summed E-state index contributed by atoms with van der Waals surface area (Å²) in [5.41, 5.74) is 0.641. The summed E-state index contributed by atoms with van der Waals surface area (Å²) in [5, 5.41) is 4.97. The SMILES string of the molecule is [2H][C@](NS(=O)C(C)(C)C)(c1ccc2ccccc2c1)C1(C(=O)NCC)SCCS1. The van der Waals surface area contributed by atoms with E-state index in [0.717, 1.165) is 22.3 Å². The summed E-state index contributed by atoms with van der Waals surface area (Å²) in [4.78, 5) is 13.3. The number of nitrogens with one attached hydrogen (secondary N) is 2. The van der Waals surface area contributed by atoms with Crippen LogP contribution in [-0.4, -0.2) is 37.0 Å². The van der Waals surface area contributed by atoms with E-state index < -0.39 is 25.8 Å². The van der Waals surface area contributed by atoms with Crippen molar-refractivity contribution in [2.75, 3.05) is 18.1 Å². The highest BCUT2D eigenvalue weighted by Gasteiger charge is 2.51. The molecule has 0 spiro atoms. The van der Waals surface area contributed by atoms with E-state index in [9.17, 15) is 10.4 Å². The second kappa shape index (κ2) is 8.78. The molecule has 152 valence electrons. The Morgan fingerprint density at radius 2 is 1.86 bits per heavy atom. The molecule has 0 saturated carbocycles. The number of benzene rings is 2. The number of amides is 1. The van der Waals surface area contributed by atoms with Crippen LogP contribution >= 0.6 is 23.5 Å². The van der Waals surface area contributed by atoms with Crippen molar-refractivity contribution < 1.29 is 10.4 Å². The zero-order valence-corrected chi connectivity index (χ0v) is 19.2. The van der Waals surface area contributed by atoms with Crippen molar-refractivity contribution in [2.24, 2.45) is 0 Å². The van der Waals surface area contributed by atoms with Gasteiger partial charge in [-0.2, -0.15) is 0 Å². The van der Waals surface area contributed by atoms with Crippen LogP contribution in [0.15, 0.2) is 42.5 Å². The molecule has 2 aromatic rings. The largest absolute Gasteiger partial charge is 0.354 e. The smallest absolute Gasteiger partial charge is 0.248 e. The summed E-state index contributed by atoms with van der Waals surface area (Å²) >= 11 is 2.93. The third-order valence-electron chi connectivity index (χ3n) is 4.45. The van der Waals surface area contributed by atoms with Gasteiger partial charge in [-0.3, -0.25) is 4.79 Å². The molecule has 0 radical (unpaired) electrons. The molecule has 1 heterocycles. The third-order valence-corrected chi connectivity index (χ3v) is 9.32. The number of hydrogen-bond acceptors (Lipinski definition) is 4. The number of carbonyl (C=O) groups is 1. The van der Waals surface area contributed by atoms with Crippen molar-refractivity contribution in [1.82, 2.24) is 10.0 Å². The standard InChI is InChI=1S/C21H28N2O2S3/c1-5-22-19(24)21(26-12-13-27-21)18(23-28(25)20(2,3)4)17-11-10-15-8-6-7-9-16(15)14-17/h6-11,14,18,23H,5,12-13H2,1-4H3,(H,22,24)/t18-,28?/m0/s1/i18D. The topological polar surface area (TPSA) is 58.2 Å². The molecule has 3 rings (SSSR count). The maximum Gasteiger partial charge on any atom is 0.248 e. The fourth-order valence-electron chi connectivity index (χ4n) is 2.99. The molecule has 0 bridgehead atoms. The van der Waals surface area contributed by atoms with Crippen LogP contribution in [0.1, 0.15) is 40.6 Å². The number of thioether (sulfide) groups is 2. The van der Waals surface area contributed by atoms with Gasteiger partial charge in [-0.1, -0.05) is 36.4 Å².